The molecule has 0 aromatic rings. The molecule has 22 heavy (non-hydrogen) atoms. The summed E-state index contributed by atoms with van der Waals surface area (Å²) in [5, 5.41) is 0. The van der Waals surface area contributed by atoms with Crippen LogP contribution in [-0.2, 0) is 28.2 Å². The van der Waals surface area contributed by atoms with Crippen molar-refractivity contribution in [1.29, 1.82) is 0 Å². The summed E-state index contributed by atoms with van der Waals surface area (Å²) in [7, 11) is -3.90. The summed E-state index contributed by atoms with van der Waals surface area (Å²) in [4.78, 5) is 4.21. The van der Waals surface area contributed by atoms with Gasteiger partial charge in [-0.2, -0.15) is 8.42 Å². The molecule has 2 rings (SSSR count). The van der Waals surface area contributed by atoms with E-state index in [4.69, 9.17) is 17.8 Å². The number of hydrogen-bond acceptors (Lipinski definition) is 8. The van der Waals surface area contributed by atoms with Crippen molar-refractivity contribution in [2.75, 3.05) is 78.9 Å². The Morgan fingerprint density at radius 1 is 0.773 bits per heavy atom. The van der Waals surface area contributed by atoms with Crippen molar-refractivity contribution in [3.63, 3.8) is 0 Å². The van der Waals surface area contributed by atoms with E-state index in [1.165, 1.54) is 0 Å². The first kappa shape index (κ1) is 19.7. The number of nitrogens with zero attached hydrogens (tertiary/aromatic N) is 2. The lowest BCUT2D eigenvalue weighted by Crippen LogP contribution is -2.39. The second kappa shape index (κ2) is 10.4. The molecule has 0 aliphatic carbocycles. The molecule has 132 valence electrons. The van der Waals surface area contributed by atoms with E-state index in [0.717, 1.165) is 26.2 Å². The smallest absolute Gasteiger partial charge is 0.399 e. The van der Waals surface area contributed by atoms with Crippen LogP contribution in [0.4, 0.5) is 0 Å². The minimum atomic E-state index is -3.90. The average Bonchev–Trinajstić information content (AvgIpc) is 2.49. The van der Waals surface area contributed by atoms with Crippen LogP contribution in [0.2, 0.25) is 0 Å². The van der Waals surface area contributed by atoms with Gasteiger partial charge in [-0.1, -0.05) is 0 Å². The summed E-state index contributed by atoms with van der Waals surface area (Å²) in [5.41, 5.74) is 0. The molecule has 0 amide bonds. The first-order valence-corrected chi connectivity index (χ1v) is 8.63. The van der Waals surface area contributed by atoms with Crippen molar-refractivity contribution in [2.24, 2.45) is 0 Å². The molecule has 0 aromatic heterocycles. The van der Waals surface area contributed by atoms with E-state index in [9.17, 15) is 8.42 Å². The Balaban J connectivity index is 0.00000242. The molecule has 2 heterocycles. The van der Waals surface area contributed by atoms with E-state index in [1.54, 1.807) is 0 Å². The van der Waals surface area contributed by atoms with Crippen LogP contribution < -0.4 is 0 Å². The van der Waals surface area contributed by atoms with Gasteiger partial charge in [-0.05, 0) is 0 Å². The maximum Gasteiger partial charge on any atom is 0.399 e. The van der Waals surface area contributed by atoms with Crippen LogP contribution in [0.3, 0.4) is 0 Å². The Kier molecular flexibility index (Phi) is 9.36. The Hall–Kier alpha value is -0.330. The van der Waals surface area contributed by atoms with Gasteiger partial charge in [0.25, 0.3) is 0 Å². The van der Waals surface area contributed by atoms with Gasteiger partial charge < -0.3 is 14.9 Å². The largest absolute Gasteiger partial charge is 0.412 e. The lowest BCUT2D eigenvalue weighted by molar-refractivity contribution is 0.0282. The molecule has 2 aliphatic heterocycles. The molecule has 2 fully saturated rings. The fourth-order valence-corrected chi connectivity index (χ4v) is 2.85. The second-order valence-electron chi connectivity index (χ2n) is 4.96. The van der Waals surface area contributed by atoms with Crippen LogP contribution >= 0.6 is 0 Å². The van der Waals surface area contributed by atoms with Gasteiger partial charge in [-0.15, -0.1) is 0 Å². The third-order valence-electron chi connectivity index (χ3n) is 3.48. The zero-order valence-electron chi connectivity index (χ0n) is 12.7. The molecule has 0 aromatic carbocycles. The van der Waals surface area contributed by atoms with Crippen molar-refractivity contribution in [2.45, 2.75) is 0 Å². The number of hydrogen-bond donors (Lipinski definition) is 0. The number of ether oxygens (including phenoxy) is 2. The Bertz CT molecular complexity index is 351. The highest BCUT2D eigenvalue weighted by atomic mass is 32.3. The normalized spacial score (nSPS) is 21.5. The molecule has 0 spiro atoms. The lowest BCUT2D eigenvalue weighted by atomic mass is 10.4. The SMILES string of the molecule is O.O=S(=O)(OCCN1CCOCC1)OCCN1CCOCC1. The summed E-state index contributed by atoms with van der Waals surface area (Å²) in [5.74, 6) is 0. The van der Waals surface area contributed by atoms with Crippen molar-refractivity contribution in [3.05, 3.63) is 0 Å². The molecule has 2 N–H and O–H groups in total. The molecule has 0 unspecified atom stereocenters. The molecule has 0 atom stereocenters. The first-order valence-electron chi connectivity index (χ1n) is 7.30. The first-order chi connectivity index (χ1) is 10.2. The second-order valence-corrected chi connectivity index (χ2v) is 6.25. The fraction of sp³-hybridized carbons (Fsp3) is 1.00. The fourth-order valence-electron chi connectivity index (χ4n) is 2.22. The highest BCUT2D eigenvalue weighted by molar-refractivity contribution is 7.81. The standard InChI is InChI=1S/C12H24N2O6S.H2O/c15-21(16,19-11-5-13-1-7-17-8-2-13)20-12-6-14-3-9-18-10-4-14;/h1-12H2;1H2. The van der Waals surface area contributed by atoms with Crippen molar-refractivity contribution < 1.29 is 31.7 Å². The molecule has 0 bridgehead atoms. The minimum absolute atomic E-state index is 0. The highest BCUT2D eigenvalue weighted by Gasteiger charge is 2.16. The Morgan fingerprint density at radius 3 is 1.50 bits per heavy atom. The maximum absolute atomic E-state index is 11.6. The van der Waals surface area contributed by atoms with E-state index in [-0.39, 0.29) is 18.7 Å². The quantitative estimate of drug-likeness (QED) is 0.503. The molecule has 9 nitrogen and oxygen atoms in total. The topological polar surface area (TPSA) is 109 Å². The molecule has 0 saturated carbocycles. The maximum atomic E-state index is 11.6. The Labute approximate surface area is 131 Å². The molecular weight excluding hydrogens is 316 g/mol. The highest BCUT2D eigenvalue weighted by Crippen LogP contribution is 2.01. The van der Waals surface area contributed by atoms with Crippen LogP contribution in [0.25, 0.3) is 0 Å². The molecular formula is C12H26N2O7S. The summed E-state index contributed by atoms with van der Waals surface area (Å²) in [6.45, 7) is 7.31. The average molecular weight is 342 g/mol. The zero-order valence-corrected chi connectivity index (χ0v) is 13.6. The molecule has 2 saturated heterocycles. The van der Waals surface area contributed by atoms with E-state index >= 15 is 0 Å². The summed E-state index contributed by atoms with van der Waals surface area (Å²) in [6.07, 6.45) is 0. The van der Waals surface area contributed by atoms with Gasteiger partial charge in [0.05, 0.1) is 39.6 Å². The van der Waals surface area contributed by atoms with E-state index in [2.05, 4.69) is 9.80 Å². The lowest BCUT2D eigenvalue weighted by Gasteiger charge is -2.26. The van der Waals surface area contributed by atoms with Gasteiger partial charge in [0.2, 0.25) is 0 Å². The van der Waals surface area contributed by atoms with E-state index < -0.39 is 10.4 Å². The van der Waals surface area contributed by atoms with E-state index in [0.29, 0.717) is 39.5 Å². The van der Waals surface area contributed by atoms with Crippen LogP contribution in [0.5, 0.6) is 0 Å². The monoisotopic (exact) mass is 342 g/mol. The van der Waals surface area contributed by atoms with Gasteiger partial charge in [0.1, 0.15) is 0 Å². The van der Waals surface area contributed by atoms with Crippen LogP contribution in [0.15, 0.2) is 0 Å². The van der Waals surface area contributed by atoms with E-state index in [1.807, 2.05) is 0 Å². The van der Waals surface area contributed by atoms with Gasteiger partial charge in [-0.25, -0.2) is 8.37 Å². The van der Waals surface area contributed by atoms with Gasteiger partial charge in [-0.3, -0.25) is 9.80 Å². The minimum Gasteiger partial charge on any atom is -0.412 e. The predicted octanol–water partition coefficient (Wildman–Crippen LogP) is -1.90. The van der Waals surface area contributed by atoms with Crippen molar-refractivity contribution in [3.8, 4) is 0 Å². The molecule has 0 radical (unpaired) electrons. The van der Waals surface area contributed by atoms with Crippen LogP contribution in [0, 0.1) is 0 Å². The third kappa shape index (κ3) is 7.79. The van der Waals surface area contributed by atoms with Gasteiger partial charge >= 0.3 is 10.4 Å². The summed E-state index contributed by atoms with van der Waals surface area (Å²) >= 11 is 0. The van der Waals surface area contributed by atoms with Crippen molar-refractivity contribution >= 4 is 10.4 Å². The van der Waals surface area contributed by atoms with Crippen LogP contribution in [0.1, 0.15) is 0 Å². The van der Waals surface area contributed by atoms with Gasteiger partial charge in [0.15, 0.2) is 0 Å². The van der Waals surface area contributed by atoms with Crippen molar-refractivity contribution in [1.82, 2.24) is 9.80 Å². The Morgan fingerprint density at radius 2 is 1.14 bits per heavy atom. The zero-order chi connectivity index (χ0) is 15.0. The third-order valence-corrected chi connectivity index (χ3v) is 4.39. The number of morpholine rings is 2. The number of rotatable bonds is 8. The predicted molar refractivity (Wildman–Crippen MR) is 79.0 cm³/mol. The molecule has 2 aliphatic rings. The molecule has 10 heteroatoms. The summed E-state index contributed by atoms with van der Waals surface area (Å²) < 4.78 is 43.3. The summed E-state index contributed by atoms with van der Waals surface area (Å²) in [6, 6.07) is 0. The van der Waals surface area contributed by atoms with Gasteiger partial charge in [0, 0.05) is 39.3 Å². The van der Waals surface area contributed by atoms with Crippen LogP contribution in [-0.4, -0.2) is 103 Å².